The molecule has 1 atom stereocenters. The summed E-state index contributed by atoms with van der Waals surface area (Å²) in [6, 6.07) is 1.77. The highest BCUT2D eigenvalue weighted by molar-refractivity contribution is 5.79. The van der Waals surface area contributed by atoms with Crippen LogP contribution in [0.1, 0.15) is 6.42 Å². The monoisotopic (exact) mass is 236 g/mol. The number of hydrogen-bond acceptors (Lipinski definition) is 5. The number of hydrogen-bond donors (Lipinski definition) is 2. The van der Waals surface area contributed by atoms with E-state index in [0.717, 1.165) is 13.0 Å². The van der Waals surface area contributed by atoms with Crippen LogP contribution in [0.15, 0.2) is 18.5 Å². The molecule has 17 heavy (non-hydrogen) atoms. The summed E-state index contributed by atoms with van der Waals surface area (Å²) in [6.45, 7) is 1.73. The number of aliphatic hydroxyl groups excluding tert-OH is 1. The second-order valence-corrected chi connectivity index (χ2v) is 4.00. The van der Waals surface area contributed by atoms with Crippen LogP contribution in [0, 0.1) is 5.92 Å². The Morgan fingerprint density at radius 1 is 1.53 bits per heavy atom. The van der Waals surface area contributed by atoms with Gasteiger partial charge >= 0.3 is 0 Å². The van der Waals surface area contributed by atoms with E-state index in [9.17, 15) is 4.79 Å². The minimum atomic E-state index is -0.0367. The molecule has 0 bridgehead atoms. The van der Waals surface area contributed by atoms with Crippen molar-refractivity contribution < 1.29 is 9.90 Å². The molecule has 6 nitrogen and oxygen atoms in total. The summed E-state index contributed by atoms with van der Waals surface area (Å²) < 4.78 is 0. The average Bonchev–Trinajstić information content (AvgIpc) is 2.86. The van der Waals surface area contributed by atoms with Crippen LogP contribution in [0.3, 0.4) is 0 Å². The number of anilines is 1. The van der Waals surface area contributed by atoms with E-state index in [1.807, 2.05) is 4.90 Å². The molecule has 92 valence electrons. The second kappa shape index (κ2) is 5.58. The van der Waals surface area contributed by atoms with Crippen LogP contribution in [0.25, 0.3) is 0 Å². The van der Waals surface area contributed by atoms with E-state index in [-0.39, 0.29) is 18.4 Å². The summed E-state index contributed by atoms with van der Waals surface area (Å²) in [6.07, 6.45) is 4.19. The summed E-state index contributed by atoms with van der Waals surface area (Å²) in [5.74, 6) is 0.632. The predicted octanol–water partition coefficient (Wildman–Crippen LogP) is -0.589. The van der Waals surface area contributed by atoms with Gasteiger partial charge in [-0.2, -0.15) is 0 Å². The molecule has 1 aliphatic heterocycles. The zero-order valence-corrected chi connectivity index (χ0v) is 9.54. The SMILES string of the molecule is O=C(NCCO)C1CCN(c2ncccn2)C1. The van der Waals surface area contributed by atoms with Crippen molar-refractivity contribution in [3.05, 3.63) is 18.5 Å². The lowest BCUT2D eigenvalue weighted by Crippen LogP contribution is -2.34. The molecule has 0 aromatic carbocycles. The number of nitrogens with one attached hydrogen (secondary N) is 1. The second-order valence-electron chi connectivity index (χ2n) is 4.00. The number of carbonyl (C=O) groups is 1. The fraction of sp³-hybridized carbons (Fsp3) is 0.545. The highest BCUT2D eigenvalue weighted by Crippen LogP contribution is 2.20. The van der Waals surface area contributed by atoms with Crippen LogP contribution in [-0.4, -0.2) is 47.2 Å². The van der Waals surface area contributed by atoms with Gasteiger partial charge in [-0.3, -0.25) is 4.79 Å². The van der Waals surface area contributed by atoms with Crippen LogP contribution in [-0.2, 0) is 4.79 Å². The fourth-order valence-corrected chi connectivity index (χ4v) is 1.93. The molecule has 0 spiro atoms. The molecular weight excluding hydrogens is 220 g/mol. The highest BCUT2D eigenvalue weighted by atomic mass is 16.3. The summed E-state index contributed by atoms with van der Waals surface area (Å²) in [4.78, 5) is 22.0. The Morgan fingerprint density at radius 3 is 3.00 bits per heavy atom. The molecule has 1 aliphatic rings. The van der Waals surface area contributed by atoms with E-state index in [4.69, 9.17) is 5.11 Å². The molecule has 2 heterocycles. The van der Waals surface area contributed by atoms with Crippen molar-refractivity contribution in [1.82, 2.24) is 15.3 Å². The Hall–Kier alpha value is -1.69. The number of rotatable bonds is 4. The number of aromatic nitrogens is 2. The zero-order chi connectivity index (χ0) is 12.1. The molecule has 1 fully saturated rings. The Morgan fingerprint density at radius 2 is 2.29 bits per heavy atom. The van der Waals surface area contributed by atoms with Gasteiger partial charge in [0.2, 0.25) is 11.9 Å². The number of aliphatic hydroxyl groups is 1. The molecule has 0 saturated carbocycles. The third-order valence-corrected chi connectivity index (χ3v) is 2.81. The molecule has 1 amide bonds. The van der Waals surface area contributed by atoms with Crippen LogP contribution in [0.2, 0.25) is 0 Å². The molecule has 1 aromatic rings. The lowest BCUT2D eigenvalue weighted by Gasteiger charge is -2.15. The summed E-state index contributed by atoms with van der Waals surface area (Å²) in [5.41, 5.74) is 0. The van der Waals surface area contributed by atoms with Gasteiger partial charge in [0.1, 0.15) is 0 Å². The molecule has 1 unspecified atom stereocenters. The van der Waals surface area contributed by atoms with Gasteiger partial charge in [-0.1, -0.05) is 0 Å². The maximum Gasteiger partial charge on any atom is 0.225 e. The maximum atomic E-state index is 11.7. The third kappa shape index (κ3) is 2.91. The number of nitrogens with zero attached hydrogens (tertiary/aromatic N) is 3. The first-order valence-electron chi connectivity index (χ1n) is 5.72. The largest absolute Gasteiger partial charge is 0.395 e. The number of amides is 1. The van der Waals surface area contributed by atoms with Crippen LogP contribution in [0.5, 0.6) is 0 Å². The van der Waals surface area contributed by atoms with Gasteiger partial charge in [0, 0.05) is 32.0 Å². The molecule has 2 rings (SSSR count). The van der Waals surface area contributed by atoms with Crippen LogP contribution >= 0.6 is 0 Å². The molecule has 6 heteroatoms. The van der Waals surface area contributed by atoms with Crippen LogP contribution in [0.4, 0.5) is 5.95 Å². The minimum Gasteiger partial charge on any atom is -0.395 e. The average molecular weight is 236 g/mol. The van der Waals surface area contributed by atoms with Gasteiger partial charge in [-0.15, -0.1) is 0 Å². The lowest BCUT2D eigenvalue weighted by atomic mass is 10.1. The minimum absolute atomic E-state index is 0.00233. The Bertz CT molecular complexity index is 371. The molecular formula is C11H16N4O2. The molecule has 1 aromatic heterocycles. The van der Waals surface area contributed by atoms with E-state index >= 15 is 0 Å². The van der Waals surface area contributed by atoms with E-state index in [1.165, 1.54) is 0 Å². The molecule has 0 radical (unpaired) electrons. The third-order valence-electron chi connectivity index (χ3n) is 2.81. The van der Waals surface area contributed by atoms with Crippen molar-refractivity contribution in [1.29, 1.82) is 0 Å². The van der Waals surface area contributed by atoms with Gasteiger partial charge < -0.3 is 15.3 Å². The zero-order valence-electron chi connectivity index (χ0n) is 9.54. The number of carbonyl (C=O) groups excluding carboxylic acids is 1. The van der Waals surface area contributed by atoms with Gasteiger partial charge in [0.25, 0.3) is 0 Å². The smallest absolute Gasteiger partial charge is 0.225 e. The Balaban J connectivity index is 1.89. The summed E-state index contributed by atoms with van der Waals surface area (Å²) >= 11 is 0. The normalized spacial score (nSPS) is 19.4. The Labute approximate surface area is 99.7 Å². The lowest BCUT2D eigenvalue weighted by molar-refractivity contribution is -0.124. The summed E-state index contributed by atoms with van der Waals surface area (Å²) in [5, 5.41) is 11.3. The van der Waals surface area contributed by atoms with E-state index in [2.05, 4.69) is 15.3 Å². The van der Waals surface area contributed by atoms with E-state index in [1.54, 1.807) is 18.5 Å². The standard InChI is InChI=1S/C11H16N4O2/c16-7-5-12-10(17)9-2-6-15(8-9)11-13-3-1-4-14-11/h1,3-4,9,16H,2,5-8H2,(H,12,17). The topological polar surface area (TPSA) is 78.4 Å². The van der Waals surface area contributed by atoms with Crippen molar-refractivity contribution in [2.45, 2.75) is 6.42 Å². The molecule has 1 saturated heterocycles. The molecule has 0 aliphatic carbocycles. The maximum absolute atomic E-state index is 11.7. The Kier molecular flexibility index (Phi) is 3.87. The van der Waals surface area contributed by atoms with Crippen molar-refractivity contribution in [3.63, 3.8) is 0 Å². The van der Waals surface area contributed by atoms with Gasteiger partial charge in [-0.05, 0) is 12.5 Å². The first-order valence-corrected chi connectivity index (χ1v) is 5.72. The van der Waals surface area contributed by atoms with Crippen molar-refractivity contribution in [2.75, 3.05) is 31.1 Å². The van der Waals surface area contributed by atoms with Crippen LogP contribution < -0.4 is 10.2 Å². The van der Waals surface area contributed by atoms with Crippen molar-refractivity contribution in [3.8, 4) is 0 Å². The van der Waals surface area contributed by atoms with Crippen molar-refractivity contribution >= 4 is 11.9 Å². The van der Waals surface area contributed by atoms with E-state index in [0.29, 0.717) is 19.0 Å². The summed E-state index contributed by atoms with van der Waals surface area (Å²) in [7, 11) is 0. The fourth-order valence-electron chi connectivity index (χ4n) is 1.93. The van der Waals surface area contributed by atoms with Gasteiger partial charge in [-0.25, -0.2) is 9.97 Å². The van der Waals surface area contributed by atoms with Gasteiger partial charge in [0.15, 0.2) is 0 Å². The van der Waals surface area contributed by atoms with E-state index < -0.39 is 0 Å². The molecule has 2 N–H and O–H groups in total. The first-order chi connectivity index (χ1) is 8.31. The quantitative estimate of drug-likeness (QED) is 0.730. The predicted molar refractivity (Wildman–Crippen MR) is 62.4 cm³/mol. The van der Waals surface area contributed by atoms with Gasteiger partial charge in [0.05, 0.1) is 12.5 Å². The van der Waals surface area contributed by atoms with Crippen molar-refractivity contribution in [2.24, 2.45) is 5.92 Å². The first kappa shape index (κ1) is 11.8. The highest BCUT2D eigenvalue weighted by Gasteiger charge is 2.29.